The standard InChI is InChI=1S/C14H19NO3S/c1-10(11-3-2-4-13(16)7-11)15-5-6-19-9-12(15)8-14(17)18/h2-4,7,10,12,16H,5-6,8-9H2,1H3,(H,17,18). The average molecular weight is 281 g/mol. The summed E-state index contributed by atoms with van der Waals surface area (Å²) in [6, 6.07) is 7.39. The van der Waals surface area contributed by atoms with Gasteiger partial charge in [0.25, 0.3) is 0 Å². The molecule has 0 saturated carbocycles. The van der Waals surface area contributed by atoms with E-state index in [2.05, 4.69) is 11.8 Å². The van der Waals surface area contributed by atoms with E-state index in [4.69, 9.17) is 5.11 Å². The topological polar surface area (TPSA) is 60.8 Å². The van der Waals surface area contributed by atoms with Crippen LogP contribution in [0.2, 0.25) is 0 Å². The van der Waals surface area contributed by atoms with Crippen LogP contribution in [0.5, 0.6) is 5.75 Å². The van der Waals surface area contributed by atoms with E-state index in [-0.39, 0.29) is 24.3 Å². The molecule has 1 saturated heterocycles. The van der Waals surface area contributed by atoms with Crippen LogP contribution < -0.4 is 0 Å². The van der Waals surface area contributed by atoms with Gasteiger partial charge in [-0.15, -0.1) is 0 Å². The number of thioether (sulfide) groups is 1. The van der Waals surface area contributed by atoms with Crippen LogP contribution in [0.25, 0.3) is 0 Å². The molecule has 104 valence electrons. The molecule has 0 aliphatic carbocycles. The van der Waals surface area contributed by atoms with Gasteiger partial charge in [0.05, 0.1) is 6.42 Å². The number of hydrogen-bond acceptors (Lipinski definition) is 4. The molecule has 2 rings (SSSR count). The summed E-state index contributed by atoms with van der Waals surface area (Å²) >= 11 is 1.81. The van der Waals surface area contributed by atoms with Gasteiger partial charge in [-0.2, -0.15) is 11.8 Å². The predicted octanol–water partition coefficient (Wildman–Crippen LogP) is 2.35. The molecule has 1 aliphatic rings. The smallest absolute Gasteiger partial charge is 0.304 e. The maximum atomic E-state index is 11.0. The van der Waals surface area contributed by atoms with E-state index in [1.807, 2.05) is 23.9 Å². The number of aliphatic carboxylic acids is 1. The molecular formula is C14H19NO3S. The molecular weight excluding hydrogens is 262 g/mol. The zero-order chi connectivity index (χ0) is 13.8. The summed E-state index contributed by atoms with van der Waals surface area (Å²) in [6.07, 6.45) is 0.177. The maximum absolute atomic E-state index is 11.0. The molecule has 4 nitrogen and oxygen atoms in total. The Kier molecular flexibility index (Phi) is 4.71. The zero-order valence-electron chi connectivity index (χ0n) is 11.0. The molecule has 2 unspecified atom stereocenters. The molecule has 19 heavy (non-hydrogen) atoms. The van der Waals surface area contributed by atoms with Crippen LogP contribution in [-0.4, -0.2) is 45.2 Å². The van der Waals surface area contributed by atoms with Gasteiger partial charge < -0.3 is 10.2 Å². The minimum absolute atomic E-state index is 0.0635. The quantitative estimate of drug-likeness (QED) is 0.887. The predicted molar refractivity (Wildman–Crippen MR) is 76.6 cm³/mol. The van der Waals surface area contributed by atoms with Crippen LogP contribution in [-0.2, 0) is 4.79 Å². The van der Waals surface area contributed by atoms with Crippen LogP contribution in [0, 0.1) is 0 Å². The highest BCUT2D eigenvalue weighted by molar-refractivity contribution is 7.99. The van der Waals surface area contributed by atoms with Crippen LogP contribution in [0.1, 0.15) is 24.9 Å². The summed E-state index contributed by atoms with van der Waals surface area (Å²) in [5.41, 5.74) is 1.03. The number of phenolic OH excluding ortho intramolecular Hbond substituents is 1. The number of rotatable bonds is 4. The summed E-state index contributed by atoms with van der Waals surface area (Å²) in [5.74, 6) is 1.39. The zero-order valence-corrected chi connectivity index (χ0v) is 11.8. The average Bonchev–Trinajstić information content (AvgIpc) is 2.38. The van der Waals surface area contributed by atoms with Gasteiger partial charge in [0.15, 0.2) is 0 Å². The molecule has 0 spiro atoms. The van der Waals surface area contributed by atoms with Crippen molar-refractivity contribution in [3.05, 3.63) is 29.8 Å². The van der Waals surface area contributed by atoms with Gasteiger partial charge in [-0.1, -0.05) is 12.1 Å². The van der Waals surface area contributed by atoms with E-state index >= 15 is 0 Å². The summed E-state index contributed by atoms with van der Waals surface area (Å²) in [7, 11) is 0. The second-order valence-corrected chi connectivity index (χ2v) is 5.99. The second-order valence-electron chi connectivity index (χ2n) is 4.84. The first-order valence-corrected chi connectivity index (χ1v) is 7.57. The van der Waals surface area contributed by atoms with Crippen LogP contribution >= 0.6 is 11.8 Å². The molecule has 1 aliphatic heterocycles. The summed E-state index contributed by atoms with van der Waals surface area (Å²) in [5, 5.41) is 18.6. The number of carbonyl (C=O) groups is 1. The van der Waals surface area contributed by atoms with Gasteiger partial charge in [0.2, 0.25) is 0 Å². The number of carboxylic acids is 1. The highest BCUT2D eigenvalue weighted by atomic mass is 32.2. The molecule has 2 N–H and O–H groups in total. The van der Waals surface area contributed by atoms with E-state index in [9.17, 15) is 9.90 Å². The number of benzene rings is 1. The molecule has 5 heteroatoms. The molecule has 1 heterocycles. The van der Waals surface area contributed by atoms with Gasteiger partial charge in [-0.25, -0.2) is 0 Å². The Morgan fingerprint density at radius 1 is 1.58 bits per heavy atom. The lowest BCUT2D eigenvalue weighted by Crippen LogP contribution is -2.44. The Hall–Kier alpha value is -1.20. The Morgan fingerprint density at radius 2 is 2.37 bits per heavy atom. The molecule has 1 aromatic rings. The molecule has 1 fully saturated rings. The third-order valence-electron chi connectivity index (χ3n) is 3.53. The van der Waals surface area contributed by atoms with Crippen molar-refractivity contribution < 1.29 is 15.0 Å². The largest absolute Gasteiger partial charge is 0.508 e. The lowest BCUT2D eigenvalue weighted by molar-refractivity contribution is -0.138. The lowest BCUT2D eigenvalue weighted by Gasteiger charge is -2.39. The van der Waals surface area contributed by atoms with Crippen molar-refractivity contribution >= 4 is 17.7 Å². The number of aromatic hydroxyl groups is 1. The lowest BCUT2D eigenvalue weighted by atomic mass is 10.0. The Morgan fingerprint density at radius 3 is 3.05 bits per heavy atom. The number of nitrogens with zero attached hydrogens (tertiary/aromatic N) is 1. The van der Waals surface area contributed by atoms with Crippen molar-refractivity contribution in [1.82, 2.24) is 4.90 Å². The number of hydrogen-bond donors (Lipinski definition) is 2. The van der Waals surface area contributed by atoms with Crippen LogP contribution in [0.3, 0.4) is 0 Å². The Bertz CT molecular complexity index is 452. The maximum Gasteiger partial charge on any atom is 0.304 e. The molecule has 1 aromatic carbocycles. The van der Waals surface area contributed by atoms with Gasteiger partial charge in [0.1, 0.15) is 5.75 Å². The van der Waals surface area contributed by atoms with E-state index in [0.29, 0.717) is 0 Å². The van der Waals surface area contributed by atoms with Crippen molar-refractivity contribution in [2.75, 3.05) is 18.1 Å². The normalized spacial score (nSPS) is 22.1. The van der Waals surface area contributed by atoms with Crippen molar-refractivity contribution in [2.45, 2.75) is 25.4 Å². The van der Waals surface area contributed by atoms with Crippen LogP contribution in [0.4, 0.5) is 0 Å². The first-order valence-electron chi connectivity index (χ1n) is 6.42. The number of phenols is 1. The van der Waals surface area contributed by atoms with Gasteiger partial charge >= 0.3 is 5.97 Å². The van der Waals surface area contributed by atoms with Crippen molar-refractivity contribution in [3.8, 4) is 5.75 Å². The van der Waals surface area contributed by atoms with Gasteiger partial charge in [-0.3, -0.25) is 9.69 Å². The molecule has 0 aromatic heterocycles. The highest BCUT2D eigenvalue weighted by Gasteiger charge is 2.29. The summed E-state index contributed by atoms with van der Waals surface area (Å²) in [6.45, 7) is 2.96. The van der Waals surface area contributed by atoms with E-state index in [0.717, 1.165) is 23.6 Å². The van der Waals surface area contributed by atoms with Gasteiger partial charge in [-0.05, 0) is 24.6 Å². The molecule has 0 bridgehead atoms. The van der Waals surface area contributed by atoms with E-state index < -0.39 is 5.97 Å². The fraction of sp³-hybridized carbons (Fsp3) is 0.500. The van der Waals surface area contributed by atoms with Crippen molar-refractivity contribution in [2.24, 2.45) is 0 Å². The minimum Gasteiger partial charge on any atom is -0.508 e. The van der Waals surface area contributed by atoms with Crippen molar-refractivity contribution in [1.29, 1.82) is 0 Å². The second kappa shape index (κ2) is 6.30. The first kappa shape index (κ1) is 14.2. The Balaban J connectivity index is 2.14. The third-order valence-corrected chi connectivity index (χ3v) is 4.63. The number of carboxylic acid groups (broad SMARTS) is 1. The monoisotopic (exact) mass is 281 g/mol. The molecule has 0 radical (unpaired) electrons. The summed E-state index contributed by atoms with van der Waals surface area (Å²) in [4.78, 5) is 13.2. The fourth-order valence-electron chi connectivity index (χ4n) is 2.53. The molecule has 2 atom stereocenters. The highest BCUT2D eigenvalue weighted by Crippen LogP contribution is 2.30. The fourth-order valence-corrected chi connectivity index (χ4v) is 3.62. The van der Waals surface area contributed by atoms with Crippen molar-refractivity contribution in [3.63, 3.8) is 0 Å². The minimum atomic E-state index is -0.749. The SMILES string of the molecule is CC(c1cccc(O)c1)N1CCSCC1CC(=O)O. The summed E-state index contributed by atoms with van der Waals surface area (Å²) < 4.78 is 0. The van der Waals surface area contributed by atoms with Crippen LogP contribution in [0.15, 0.2) is 24.3 Å². The van der Waals surface area contributed by atoms with Gasteiger partial charge in [0, 0.05) is 30.1 Å². The first-order chi connectivity index (χ1) is 9.08. The third kappa shape index (κ3) is 3.64. The Labute approximate surface area is 117 Å². The van der Waals surface area contributed by atoms with E-state index in [1.165, 1.54) is 0 Å². The van der Waals surface area contributed by atoms with E-state index in [1.54, 1.807) is 12.1 Å². The molecule has 0 amide bonds.